The average molecular weight is 498 g/mol. The van der Waals surface area contributed by atoms with Gasteiger partial charge in [0.15, 0.2) is 5.96 Å². The van der Waals surface area contributed by atoms with Crippen molar-refractivity contribution in [2.24, 2.45) is 4.99 Å². The number of ether oxygens (including phenoxy) is 2. The molecule has 1 aliphatic rings. The second kappa shape index (κ2) is 13.1. The molecule has 1 fully saturated rings. The van der Waals surface area contributed by atoms with Crippen LogP contribution in [-0.4, -0.2) is 77.6 Å². The van der Waals surface area contributed by atoms with E-state index in [-0.39, 0.29) is 24.0 Å². The molecule has 0 saturated carbocycles. The van der Waals surface area contributed by atoms with Crippen LogP contribution in [0.1, 0.15) is 6.42 Å². The summed E-state index contributed by atoms with van der Waals surface area (Å²) in [5, 5.41) is 3.32. The smallest absolute Gasteiger partial charge is 0.193 e. The standard InChI is InChI=1S/C18H28F2N4O2.HI/c1-21-18(22-6-3-11-26-13-12-25-2)24-9-7-23(8-10-24)17-14-15(19)4-5-16(17)20;/h4-5,14H,3,6-13H2,1-2H3,(H,21,22);1H. The van der Waals surface area contributed by atoms with Gasteiger partial charge in [-0.3, -0.25) is 4.99 Å². The van der Waals surface area contributed by atoms with Gasteiger partial charge in [0.1, 0.15) is 11.6 Å². The SMILES string of the molecule is CN=C(NCCCOCCOC)N1CCN(c2cc(F)ccc2F)CC1.I. The van der Waals surface area contributed by atoms with E-state index in [1.54, 1.807) is 14.2 Å². The van der Waals surface area contributed by atoms with Crippen LogP contribution in [0.4, 0.5) is 14.5 Å². The number of halogens is 3. The fourth-order valence-electron chi connectivity index (χ4n) is 2.84. The fourth-order valence-corrected chi connectivity index (χ4v) is 2.84. The molecule has 0 amide bonds. The van der Waals surface area contributed by atoms with Crippen LogP contribution in [0.3, 0.4) is 0 Å². The van der Waals surface area contributed by atoms with Crippen LogP contribution >= 0.6 is 24.0 Å². The summed E-state index contributed by atoms with van der Waals surface area (Å²) in [7, 11) is 3.40. The third kappa shape index (κ3) is 7.74. The van der Waals surface area contributed by atoms with Crippen molar-refractivity contribution in [3.05, 3.63) is 29.8 Å². The number of hydrogen-bond donors (Lipinski definition) is 1. The molecule has 0 aliphatic carbocycles. The van der Waals surface area contributed by atoms with Crippen molar-refractivity contribution in [3.63, 3.8) is 0 Å². The van der Waals surface area contributed by atoms with E-state index in [1.807, 2.05) is 4.90 Å². The summed E-state index contributed by atoms with van der Waals surface area (Å²) in [6.07, 6.45) is 0.872. The Morgan fingerprint density at radius 1 is 1.15 bits per heavy atom. The number of nitrogens with one attached hydrogen (secondary N) is 1. The van der Waals surface area contributed by atoms with Crippen LogP contribution in [0.25, 0.3) is 0 Å². The normalized spacial score (nSPS) is 14.9. The van der Waals surface area contributed by atoms with Crippen LogP contribution in [0, 0.1) is 11.6 Å². The van der Waals surface area contributed by atoms with Crippen molar-refractivity contribution < 1.29 is 18.3 Å². The zero-order valence-electron chi connectivity index (χ0n) is 15.9. The maximum atomic E-state index is 13.9. The van der Waals surface area contributed by atoms with Crippen LogP contribution in [-0.2, 0) is 9.47 Å². The van der Waals surface area contributed by atoms with Gasteiger partial charge in [-0.15, -0.1) is 24.0 Å². The highest BCUT2D eigenvalue weighted by Crippen LogP contribution is 2.21. The van der Waals surface area contributed by atoms with Crippen molar-refractivity contribution in [1.29, 1.82) is 0 Å². The lowest BCUT2D eigenvalue weighted by Crippen LogP contribution is -2.52. The molecule has 154 valence electrons. The van der Waals surface area contributed by atoms with Crippen LogP contribution in [0.5, 0.6) is 0 Å². The quantitative estimate of drug-likeness (QED) is 0.258. The number of methoxy groups -OCH3 is 1. The average Bonchev–Trinajstić information content (AvgIpc) is 2.66. The van der Waals surface area contributed by atoms with Gasteiger partial charge in [-0.1, -0.05) is 0 Å². The molecule has 1 aliphatic heterocycles. The molecule has 2 rings (SSSR count). The Hall–Kier alpha value is -1.20. The first-order valence-corrected chi connectivity index (χ1v) is 8.88. The molecule has 1 aromatic rings. The molecule has 0 bridgehead atoms. The number of aliphatic imine (C=N–C) groups is 1. The number of guanidine groups is 1. The highest BCUT2D eigenvalue weighted by atomic mass is 127. The number of piperazine rings is 1. The van der Waals surface area contributed by atoms with Gasteiger partial charge in [0.2, 0.25) is 0 Å². The largest absolute Gasteiger partial charge is 0.382 e. The van der Waals surface area contributed by atoms with Gasteiger partial charge in [0, 0.05) is 59.6 Å². The second-order valence-corrected chi connectivity index (χ2v) is 6.00. The minimum atomic E-state index is -0.422. The Morgan fingerprint density at radius 2 is 1.89 bits per heavy atom. The molecule has 1 aromatic carbocycles. The van der Waals surface area contributed by atoms with Crippen LogP contribution in [0.15, 0.2) is 23.2 Å². The molecule has 0 radical (unpaired) electrons. The van der Waals surface area contributed by atoms with Crippen LogP contribution < -0.4 is 10.2 Å². The highest BCUT2D eigenvalue weighted by Gasteiger charge is 2.21. The Labute approximate surface area is 176 Å². The molecule has 1 heterocycles. The van der Waals surface area contributed by atoms with Crippen molar-refractivity contribution in [2.75, 3.05) is 71.6 Å². The van der Waals surface area contributed by atoms with E-state index in [0.29, 0.717) is 51.7 Å². The van der Waals surface area contributed by atoms with Crippen LogP contribution in [0.2, 0.25) is 0 Å². The van der Waals surface area contributed by atoms with Crippen molar-refractivity contribution in [2.45, 2.75) is 6.42 Å². The summed E-state index contributed by atoms with van der Waals surface area (Å²) in [4.78, 5) is 8.30. The Morgan fingerprint density at radius 3 is 2.56 bits per heavy atom. The number of nitrogens with zero attached hydrogens (tertiary/aromatic N) is 3. The molecular formula is C18H29F2IN4O2. The first-order valence-electron chi connectivity index (χ1n) is 8.88. The summed E-state index contributed by atoms with van der Waals surface area (Å²) in [5.41, 5.74) is 0.320. The van der Waals surface area contributed by atoms with E-state index in [0.717, 1.165) is 25.0 Å². The first kappa shape index (κ1) is 23.8. The number of benzene rings is 1. The monoisotopic (exact) mass is 498 g/mol. The lowest BCUT2D eigenvalue weighted by Gasteiger charge is -2.37. The van der Waals surface area contributed by atoms with Gasteiger partial charge in [-0.05, 0) is 18.6 Å². The minimum absolute atomic E-state index is 0. The van der Waals surface area contributed by atoms with Crippen molar-refractivity contribution >= 4 is 35.6 Å². The molecule has 0 atom stereocenters. The topological polar surface area (TPSA) is 49.3 Å². The summed E-state index contributed by atoms with van der Waals surface area (Å²) in [6, 6.07) is 3.56. The van der Waals surface area contributed by atoms with E-state index in [2.05, 4.69) is 15.2 Å². The zero-order chi connectivity index (χ0) is 18.8. The van der Waals surface area contributed by atoms with Crippen molar-refractivity contribution in [3.8, 4) is 0 Å². The number of hydrogen-bond acceptors (Lipinski definition) is 4. The van der Waals surface area contributed by atoms with E-state index < -0.39 is 11.6 Å². The summed E-state index contributed by atoms with van der Waals surface area (Å²) in [5.74, 6) is 0.00566. The molecule has 9 heteroatoms. The highest BCUT2D eigenvalue weighted by molar-refractivity contribution is 14.0. The predicted octanol–water partition coefficient (Wildman–Crippen LogP) is 2.33. The minimum Gasteiger partial charge on any atom is -0.382 e. The van der Waals surface area contributed by atoms with Gasteiger partial charge >= 0.3 is 0 Å². The molecular weight excluding hydrogens is 469 g/mol. The summed E-state index contributed by atoms with van der Waals surface area (Å²) in [6.45, 7) is 5.25. The molecule has 0 spiro atoms. The zero-order valence-corrected chi connectivity index (χ0v) is 18.2. The second-order valence-electron chi connectivity index (χ2n) is 6.00. The summed E-state index contributed by atoms with van der Waals surface area (Å²) < 4.78 is 37.6. The van der Waals surface area contributed by atoms with Gasteiger partial charge in [-0.25, -0.2) is 8.78 Å². The van der Waals surface area contributed by atoms with E-state index in [9.17, 15) is 8.78 Å². The van der Waals surface area contributed by atoms with E-state index in [4.69, 9.17) is 9.47 Å². The van der Waals surface area contributed by atoms with Gasteiger partial charge < -0.3 is 24.6 Å². The molecule has 27 heavy (non-hydrogen) atoms. The molecule has 0 aromatic heterocycles. The molecule has 6 nitrogen and oxygen atoms in total. The number of anilines is 1. The van der Waals surface area contributed by atoms with Gasteiger partial charge in [0.05, 0.1) is 18.9 Å². The Kier molecular flexibility index (Phi) is 11.5. The molecule has 1 saturated heterocycles. The third-order valence-electron chi connectivity index (χ3n) is 4.22. The number of rotatable bonds is 8. The lowest BCUT2D eigenvalue weighted by molar-refractivity contribution is 0.0698. The summed E-state index contributed by atoms with van der Waals surface area (Å²) >= 11 is 0. The maximum absolute atomic E-state index is 13.9. The molecule has 0 unspecified atom stereocenters. The van der Waals surface area contributed by atoms with Crippen molar-refractivity contribution in [1.82, 2.24) is 10.2 Å². The van der Waals surface area contributed by atoms with E-state index in [1.165, 1.54) is 12.1 Å². The van der Waals surface area contributed by atoms with E-state index >= 15 is 0 Å². The molecule has 1 N–H and O–H groups in total. The van der Waals surface area contributed by atoms with Gasteiger partial charge in [0.25, 0.3) is 0 Å². The Balaban J connectivity index is 0.00000364. The predicted molar refractivity (Wildman–Crippen MR) is 114 cm³/mol. The first-order chi connectivity index (χ1) is 12.7. The maximum Gasteiger partial charge on any atom is 0.193 e. The fraction of sp³-hybridized carbons (Fsp3) is 0.611. The third-order valence-corrected chi connectivity index (χ3v) is 4.22. The lowest BCUT2D eigenvalue weighted by atomic mass is 10.2. The Bertz CT molecular complexity index is 584. The van der Waals surface area contributed by atoms with Gasteiger partial charge in [-0.2, -0.15) is 0 Å².